The van der Waals surface area contributed by atoms with Crippen molar-refractivity contribution in [2.24, 2.45) is 16.6 Å². The largest absolute Gasteiger partial charge is 0.491 e. The van der Waals surface area contributed by atoms with E-state index >= 15 is 0 Å². The van der Waals surface area contributed by atoms with Crippen LogP contribution in [0.5, 0.6) is 5.75 Å². The van der Waals surface area contributed by atoms with Crippen molar-refractivity contribution >= 4 is 29.9 Å². The number of methoxy groups -OCH3 is 1. The first kappa shape index (κ1) is 20.0. The number of nitrogens with two attached hydrogens (primary N) is 1. The van der Waals surface area contributed by atoms with Crippen LogP contribution in [0.4, 0.5) is 0 Å². The molecule has 0 radical (unpaired) electrons. The first-order chi connectivity index (χ1) is 9.61. The summed E-state index contributed by atoms with van der Waals surface area (Å²) in [5.41, 5.74) is 6.86. The van der Waals surface area contributed by atoms with Gasteiger partial charge in [-0.15, -0.1) is 24.0 Å². The van der Waals surface area contributed by atoms with Gasteiger partial charge in [0.25, 0.3) is 0 Å². The highest BCUT2D eigenvalue weighted by Gasteiger charge is 1.98. The maximum Gasteiger partial charge on any atom is 0.188 e. The topological polar surface area (TPSA) is 68.9 Å². The Balaban J connectivity index is 0.00000400. The molecule has 0 saturated carbocycles. The lowest BCUT2D eigenvalue weighted by Crippen LogP contribution is -2.34. The van der Waals surface area contributed by atoms with Crippen molar-refractivity contribution in [3.63, 3.8) is 0 Å². The predicted molar refractivity (Wildman–Crippen MR) is 97.4 cm³/mol. The third-order valence-electron chi connectivity index (χ3n) is 2.58. The van der Waals surface area contributed by atoms with Gasteiger partial charge in [0.1, 0.15) is 12.4 Å². The number of hydrogen-bond donors (Lipinski definition) is 2. The zero-order valence-corrected chi connectivity index (χ0v) is 15.3. The van der Waals surface area contributed by atoms with Gasteiger partial charge in [0, 0.05) is 13.7 Å². The summed E-state index contributed by atoms with van der Waals surface area (Å²) in [4.78, 5) is 4.31. The molecule has 0 saturated heterocycles. The number of nitrogens with zero attached hydrogens (tertiary/aromatic N) is 1. The van der Waals surface area contributed by atoms with Crippen LogP contribution in [-0.2, 0) is 11.3 Å². The highest BCUT2D eigenvalue weighted by Crippen LogP contribution is 2.13. The zero-order valence-electron chi connectivity index (χ0n) is 13.0. The van der Waals surface area contributed by atoms with E-state index in [-0.39, 0.29) is 24.0 Å². The number of aliphatic imine (C=N–C) groups is 1. The molecule has 5 nitrogen and oxygen atoms in total. The number of ether oxygens (including phenoxy) is 2. The number of hydrogen-bond acceptors (Lipinski definition) is 3. The Morgan fingerprint density at radius 3 is 2.76 bits per heavy atom. The summed E-state index contributed by atoms with van der Waals surface area (Å²) >= 11 is 0. The minimum atomic E-state index is 0. The normalized spacial score (nSPS) is 11.1. The Labute approximate surface area is 144 Å². The van der Waals surface area contributed by atoms with Gasteiger partial charge in [0.05, 0.1) is 13.2 Å². The quantitative estimate of drug-likeness (QED) is 0.301. The first-order valence-electron chi connectivity index (χ1n) is 6.86. The van der Waals surface area contributed by atoms with Gasteiger partial charge in [-0.1, -0.05) is 26.0 Å². The van der Waals surface area contributed by atoms with Gasteiger partial charge >= 0.3 is 0 Å². The molecule has 1 aromatic carbocycles. The molecule has 1 aromatic rings. The third kappa shape index (κ3) is 9.52. The summed E-state index contributed by atoms with van der Waals surface area (Å²) in [5, 5.41) is 3.09. The average Bonchev–Trinajstić information content (AvgIpc) is 2.43. The molecule has 0 amide bonds. The number of guanidine groups is 1. The van der Waals surface area contributed by atoms with E-state index in [0.29, 0.717) is 31.6 Å². The van der Waals surface area contributed by atoms with Crippen LogP contribution in [0.3, 0.4) is 0 Å². The summed E-state index contributed by atoms with van der Waals surface area (Å²) in [5.74, 6) is 1.84. The lowest BCUT2D eigenvalue weighted by Gasteiger charge is -2.09. The van der Waals surface area contributed by atoms with Gasteiger partial charge in [0.2, 0.25) is 0 Å². The molecular weight excluding hydrogens is 381 g/mol. The Morgan fingerprint density at radius 2 is 2.10 bits per heavy atom. The van der Waals surface area contributed by atoms with Crippen molar-refractivity contribution in [1.29, 1.82) is 0 Å². The summed E-state index contributed by atoms with van der Waals surface area (Å²) in [6.07, 6.45) is 0. The van der Waals surface area contributed by atoms with Crippen molar-refractivity contribution < 1.29 is 9.47 Å². The van der Waals surface area contributed by atoms with Gasteiger partial charge in [0.15, 0.2) is 5.96 Å². The summed E-state index contributed by atoms with van der Waals surface area (Å²) in [7, 11) is 1.65. The molecule has 21 heavy (non-hydrogen) atoms. The Kier molecular flexibility index (Phi) is 11.1. The van der Waals surface area contributed by atoms with Crippen LogP contribution in [-0.4, -0.2) is 32.8 Å². The Hall–Kier alpha value is -1.02. The maximum absolute atomic E-state index is 5.80. The van der Waals surface area contributed by atoms with E-state index in [4.69, 9.17) is 15.2 Å². The van der Waals surface area contributed by atoms with E-state index in [0.717, 1.165) is 17.9 Å². The number of halogens is 1. The molecule has 0 unspecified atom stereocenters. The number of rotatable bonds is 8. The molecule has 120 valence electrons. The van der Waals surface area contributed by atoms with Gasteiger partial charge < -0.3 is 20.5 Å². The van der Waals surface area contributed by atoms with E-state index in [1.165, 1.54) is 0 Å². The minimum absolute atomic E-state index is 0. The maximum atomic E-state index is 5.80. The second-order valence-corrected chi connectivity index (χ2v) is 4.96. The highest BCUT2D eigenvalue weighted by molar-refractivity contribution is 14.0. The van der Waals surface area contributed by atoms with Crippen LogP contribution < -0.4 is 15.8 Å². The molecule has 0 fully saturated rings. The summed E-state index contributed by atoms with van der Waals surface area (Å²) in [6.45, 7) is 6.74. The molecule has 6 heteroatoms. The van der Waals surface area contributed by atoms with Crippen LogP contribution in [0.2, 0.25) is 0 Å². The van der Waals surface area contributed by atoms with Gasteiger partial charge in [-0.3, -0.25) is 0 Å². The molecule has 0 atom stereocenters. The standard InChI is InChI=1S/C15H25N3O2.HI/c1-12(2)10-17-15(16)18-11-13-5-4-6-14(9-13)20-8-7-19-3;/h4-6,9,12H,7-8,10-11H2,1-3H3,(H3,16,17,18);1H. The van der Waals surface area contributed by atoms with Crippen LogP contribution in [0.15, 0.2) is 29.3 Å². The molecule has 0 aliphatic heterocycles. The fourth-order valence-corrected chi connectivity index (χ4v) is 1.52. The van der Waals surface area contributed by atoms with Crippen molar-refractivity contribution in [3.8, 4) is 5.75 Å². The molecule has 0 aliphatic rings. The zero-order chi connectivity index (χ0) is 14.8. The molecule has 3 N–H and O–H groups in total. The number of nitrogens with one attached hydrogen (secondary N) is 1. The number of benzene rings is 1. The van der Waals surface area contributed by atoms with Crippen LogP contribution in [0.25, 0.3) is 0 Å². The minimum Gasteiger partial charge on any atom is -0.491 e. The first-order valence-corrected chi connectivity index (χ1v) is 6.86. The van der Waals surface area contributed by atoms with Gasteiger partial charge in [-0.25, -0.2) is 4.99 Å². The lowest BCUT2D eigenvalue weighted by atomic mass is 10.2. The van der Waals surface area contributed by atoms with E-state index < -0.39 is 0 Å². The van der Waals surface area contributed by atoms with Crippen LogP contribution in [0, 0.1) is 5.92 Å². The summed E-state index contributed by atoms with van der Waals surface area (Å²) in [6, 6.07) is 7.84. The Bertz CT molecular complexity index is 425. The molecular formula is C15H26IN3O2. The van der Waals surface area contributed by atoms with Crippen LogP contribution >= 0.6 is 24.0 Å². The second kappa shape index (κ2) is 11.6. The van der Waals surface area contributed by atoms with E-state index in [1.807, 2.05) is 24.3 Å². The fraction of sp³-hybridized carbons (Fsp3) is 0.533. The van der Waals surface area contributed by atoms with E-state index in [2.05, 4.69) is 24.2 Å². The molecule has 0 heterocycles. The monoisotopic (exact) mass is 407 g/mol. The van der Waals surface area contributed by atoms with Crippen LogP contribution in [0.1, 0.15) is 19.4 Å². The van der Waals surface area contributed by atoms with Gasteiger partial charge in [-0.05, 0) is 23.6 Å². The van der Waals surface area contributed by atoms with E-state index in [9.17, 15) is 0 Å². The van der Waals surface area contributed by atoms with E-state index in [1.54, 1.807) is 7.11 Å². The molecule has 1 rings (SSSR count). The fourth-order valence-electron chi connectivity index (χ4n) is 1.52. The SMILES string of the molecule is COCCOc1cccc(CN=C(N)NCC(C)C)c1.I. The van der Waals surface area contributed by atoms with Crippen molar-refractivity contribution in [2.75, 3.05) is 26.9 Å². The highest BCUT2D eigenvalue weighted by atomic mass is 127. The van der Waals surface area contributed by atoms with Crippen molar-refractivity contribution in [2.45, 2.75) is 20.4 Å². The third-order valence-corrected chi connectivity index (χ3v) is 2.58. The second-order valence-electron chi connectivity index (χ2n) is 4.96. The molecule has 0 spiro atoms. The average molecular weight is 407 g/mol. The predicted octanol–water partition coefficient (Wildman–Crippen LogP) is 2.39. The Morgan fingerprint density at radius 1 is 1.33 bits per heavy atom. The lowest BCUT2D eigenvalue weighted by molar-refractivity contribution is 0.146. The molecule has 0 aliphatic carbocycles. The van der Waals surface area contributed by atoms with Crippen molar-refractivity contribution in [1.82, 2.24) is 5.32 Å². The molecule has 0 bridgehead atoms. The molecule has 0 aromatic heterocycles. The smallest absolute Gasteiger partial charge is 0.188 e. The van der Waals surface area contributed by atoms with Gasteiger partial charge in [-0.2, -0.15) is 0 Å². The van der Waals surface area contributed by atoms with Crippen molar-refractivity contribution in [3.05, 3.63) is 29.8 Å². The summed E-state index contributed by atoms with van der Waals surface area (Å²) < 4.78 is 10.5.